The molecule has 1 heterocycles. The summed E-state index contributed by atoms with van der Waals surface area (Å²) in [6.45, 7) is 0.357. The molecule has 0 unspecified atom stereocenters. The third-order valence-corrected chi connectivity index (χ3v) is 3.68. The van der Waals surface area contributed by atoms with Crippen molar-refractivity contribution in [1.82, 2.24) is 5.32 Å². The van der Waals surface area contributed by atoms with Gasteiger partial charge in [0.25, 0.3) is 5.91 Å². The number of ether oxygens (including phenoxy) is 1. The molecule has 114 valence electrons. The molecule has 6 nitrogen and oxygen atoms in total. The minimum Gasteiger partial charge on any atom is -0.619 e. The summed E-state index contributed by atoms with van der Waals surface area (Å²) < 4.78 is 5.48. The molecule has 1 saturated carbocycles. The molecule has 1 aromatic rings. The topological polar surface area (TPSA) is 82.3 Å². The third kappa shape index (κ3) is 5.06. The van der Waals surface area contributed by atoms with E-state index < -0.39 is 5.97 Å². The highest BCUT2D eigenvalue weighted by Crippen LogP contribution is 2.22. The first kappa shape index (κ1) is 15.3. The van der Waals surface area contributed by atoms with Crippen LogP contribution >= 0.6 is 0 Å². The van der Waals surface area contributed by atoms with E-state index in [-0.39, 0.29) is 18.1 Å². The molecule has 1 aliphatic carbocycles. The fraction of sp³-hybridized carbons (Fsp3) is 0.533. The van der Waals surface area contributed by atoms with Gasteiger partial charge in [0.2, 0.25) is 0 Å². The molecule has 6 heteroatoms. The zero-order valence-corrected chi connectivity index (χ0v) is 11.9. The monoisotopic (exact) mass is 292 g/mol. The summed E-state index contributed by atoms with van der Waals surface area (Å²) in [7, 11) is 0. The van der Waals surface area contributed by atoms with Crippen molar-refractivity contribution in [2.24, 2.45) is 5.92 Å². The van der Waals surface area contributed by atoms with E-state index in [0.29, 0.717) is 17.2 Å². The summed E-state index contributed by atoms with van der Waals surface area (Å²) >= 11 is 0. The first-order valence-corrected chi connectivity index (χ1v) is 7.28. The van der Waals surface area contributed by atoms with Crippen LogP contribution in [0.4, 0.5) is 0 Å². The van der Waals surface area contributed by atoms with Gasteiger partial charge < -0.3 is 15.3 Å². The Morgan fingerprint density at radius 2 is 1.90 bits per heavy atom. The largest absolute Gasteiger partial charge is 0.619 e. The lowest BCUT2D eigenvalue weighted by atomic mass is 9.89. The van der Waals surface area contributed by atoms with E-state index in [9.17, 15) is 14.8 Å². The number of hydrogen-bond acceptors (Lipinski definition) is 4. The maximum absolute atomic E-state index is 11.7. The summed E-state index contributed by atoms with van der Waals surface area (Å²) in [6.07, 6.45) is 8.45. The first-order chi connectivity index (χ1) is 10.1. The molecule has 0 bridgehead atoms. The number of pyridine rings is 1. The van der Waals surface area contributed by atoms with Gasteiger partial charge in [-0.05, 0) is 18.8 Å². The summed E-state index contributed by atoms with van der Waals surface area (Å²) in [5.41, 5.74) is 0.252. The second kappa shape index (κ2) is 7.61. The highest BCUT2D eigenvalue weighted by molar-refractivity contribution is 5.91. The van der Waals surface area contributed by atoms with Crippen LogP contribution in [0.15, 0.2) is 24.5 Å². The van der Waals surface area contributed by atoms with Crippen LogP contribution in [0.5, 0.6) is 0 Å². The summed E-state index contributed by atoms with van der Waals surface area (Å²) in [5.74, 6) is -0.354. The fourth-order valence-corrected chi connectivity index (χ4v) is 2.46. The molecule has 1 N–H and O–H groups in total. The van der Waals surface area contributed by atoms with E-state index in [1.807, 2.05) is 0 Å². The Morgan fingerprint density at radius 1 is 1.24 bits per heavy atom. The van der Waals surface area contributed by atoms with Gasteiger partial charge in [0.05, 0.1) is 5.56 Å². The SMILES string of the molecule is O=C(COC(=O)c1cc[n+]([O-])cc1)NCC1CCCCC1. The van der Waals surface area contributed by atoms with Gasteiger partial charge in [-0.3, -0.25) is 4.79 Å². The predicted octanol–water partition coefficient (Wildman–Crippen LogP) is 1.17. The van der Waals surface area contributed by atoms with Crippen molar-refractivity contribution in [3.8, 4) is 0 Å². The van der Waals surface area contributed by atoms with Crippen LogP contribution in [-0.4, -0.2) is 25.0 Å². The van der Waals surface area contributed by atoms with Crippen LogP contribution < -0.4 is 10.0 Å². The lowest BCUT2D eigenvalue weighted by Crippen LogP contribution is -2.33. The molecule has 0 aromatic carbocycles. The summed E-state index contributed by atoms with van der Waals surface area (Å²) in [4.78, 5) is 23.3. The average Bonchev–Trinajstić information content (AvgIpc) is 2.52. The maximum atomic E-state index is 11.7. The van der Waals surface area contributed by atoms with E-state index >= 15 is 0 Å². The van der Waals surface area contributed by atoms with Crippen molar-refractivity contribution in [2.45, 2.75) is 32.1 Å². The van der Waals surface area contributed by atoms with Crippen LogP contribution in [0.1, 0.15) is 42.5 Å². The number of carbonyl (C=O) groups excluding carboxylic acids is 2. The van der Waals surface area contributed by atoms with Crippen molar-refractivity contribution in [1.29, 1.82) is 0 Å². The maximum Gasteiger partial charge on any atom is 0.339 e. The molecule has 1 amide bonds. The number of nitrogens with zero attached hydrogens (tertiary/aromatic N) is 1. The molecule has 1 aliphatic rings. The lowest BCUT2D eigenvalue weighted by Gasteiger charge is -2.21. The van der Waals surface area contributed by atoms with Crippen molar-refractivity contribution in [2.75, 3.05) is 13.2 Å². The molecule has 0 atom stereocenters. The Hall–Kier alpha value is -2.11. The number of aromatic nitrogens is 1. The van der Waals surface area contributed by atoms with E-state index in [2.05, 4.69) is 5.32 Å². The number of nitrogens with one attached hydrogen (secondary N) is 1. The Morgan fingerprint density at radius 3 is 2.57 bits per heavy atom. The normalized spacial score (nSPS) is 15.4. The van der Waals surface area contributed by atoms with E-state index in [1.165, 1.54) is 43.8 Å². The highest BCUT2D eigenvalue weighted by atomic mass is 16.5. The van der Waals surface area contributed by atoms with Crippen LogP contribution in [0.2, 0.25) is 0 Å². The van der Waals surface area contributed by atoms with Gasteiger partial charge in [0.15, 0.2) is 19.0 Å². The summed E-state index contributed by atoms with van der Waals surface area (Å²) in [6, 6.07) is 2.71. The molecule has 0 spiro atoms. The molecular weight excluding hydrogens is 272 g/mol. The van der Waals surface area contributed by atoms with E-state index in [0.717, 1.165) is 12.8 Å². The van der Waals surface area contributed by atoms with Crippen molar-refractivity contribution >= 4 is 11.9 Å². The number of rotatable bonds is 5. The van der Waals surface area contributed by atoms with Gasteiger partial charge in [-0.1, -0.05) is 19.3 Å². The van der Waals surface area contributed by atoms with Crippen LogP contribution in [0, 0.1) is 11.1 Å². The molecule has 2 rings (SSSR count). The van der Waals surface area contributed by atoms with Crippen molar-refractivity contribution < 1.29 is 19.1 Å². The molecule has 1 aromatic heterocycles. The molecular formula is C15H20N2O4. The van der Waals surface area contributed by atoms with E-state index in [4.69, 9.17) is 4.74 Å². The van der Waals surface area contributed by atoms with Gasteiger partial charge >= 0.3 is 5.97 Å². The number of hydrogen-bond donors (Lipinski definition) is 1. The Balaban J connectivity index is 1.68. The van der Waals surface area contributed by atoms with Crippen LogP contribution in [0.25, 0.3) is 0 Å². The number of esters is 1. The zero-order chi connectivity index (χ0) is 15.1. The van der Waals surface area contributed by atoms with Gasteiger partial charge in [0, 0.05) is 18.7 Å². The molecule has 0 aliphatic heterocycles. The van der Waals surface area contributed by atoms with Gasteiger partial charge in [-0.25, -0.2) is 4.79 Å². The van der Waals surface area contributed by atoms with Gasteiger partial charge in [-0.2, -0.15) is 4.73 Å². The molecule has 0 saturated heterocycles. The van der Waals surface area contributed by atoms with Gasteiger partial charge in [-0.15, -0.1) is 0 Å². The second-order valence-corrected chi connectivity index (χ2v) is 5.33. The second-order valence-electron chi connectivity index (χ2n) is 5.33. The van der Waals surface area contributed by atoms with Crippen molar-refractivity contribution in [3.63, 3.8) is 0 Å². The first-order valence-electron chi connectivity index (χ1n) is 7.28. The standard InChI is InChI=1S/C15H20N2O4/c18-14(16-10-12-4-2-1-3-5-12)11-21-15(19)13-6-8-17(20)9-7-13/h6-9,12H,1-5,10-11H2,(H,16,18). The fourth-order valence-electron chi connectivity index (χ4n) is 2.46. The quantitative estimate of drug-likeness (QED) is 0.502. The van der Waals surface area contributed by atoms with Crippen molar-refractivity contribution in [3.05, 3.63) is 35.3 Å². The summed E-state index contributed by atoms with van der Waals surface area (Å²) in [5, 5.41) is 13.6. The molecule has 0 radical (unpaired) electrons. The number of carbonyl (C=O) groups is 2. The Labute approximate surface area is 123 Å². The van der Waals surface area contributed by atoms with E-state index in [1.54, 1.807) is 0 Å². The smallest absolute Gasteiger partial charge is 0.339 e. The highest BCUT2D eigenvalue weighted by Gasteiger charge is 2.15. The minimum atomic E-state index is -0.608. The number of amides is 1. The third-order valence-electron chi connectivity index (χ3n) is 3.68. The molecule has 21 heavy (non-hydrogen) atoms. The lowest BCUT2D eigenvalue weighted by molar-refractivity contribution is -0.605. The molecule has 1 fully saturated rings. The predicted molar refractivity (Wildman–Crippen MR) is 75.3 cm³/mol. The minimum absolute atomic E-state index is 0.252. The van der Waals surface area contributed by atoms with Crippen LogP contribution in [-0.2, 0) is 9.53 Å². The van der Waals surface area contributed by atoms with Crippen LogP contribution in [0.3, 0.4) is 0 Å². The average molecular weight is 292 g/mol. The van der Waals surface area contributed by atoms with Gasteiger partial charge in [0.1, 0.15) is 0 Å². The Bertz CT molecular complexity index is 481. The zero-order valence-electron chi connectivity index (χ0n) is 11.9. The Kier molecular flexibility index (Phi) is 5.54.